The fraction of sp³-hybridized carbons (Fsp3) is 0.389. The van der Waals surface area contributed by atoms with Gasteiger partial charge in [0.1, 0.15) is 17.8 Å². The maximum Gasteiger partial charge on any atom is 0.270 e. The largest absolute Gasteiger partial charge is 0.354 e. The molecular formula is C18H22ClN5O. The van der Waals surface area contributed by atoms with Crippen LogP contribution in [0.1, 0.15) is 23.0 Å². The van der Waals surface area contributed by atoms with Crippen LogP contribution in [0.15, 0.2) is 36.7 Å². The number of anilines is 1. The summed E-state index contributed by atoms with van der Waals surface area (Å²) in [7, 11) is 0. The van der Waals surface area contributed by atoms with Gasteiger partial charge < -0.3 is 15.1 Å². The topological polar surface area (TPSA) is 61.4 Å². The zero-order valence-corrected chi connectivity index (χ0v) is 15.0. The molecular weight excluding hydrogens is 338 g/mol. The number of nitrogens with one attached hydrogen (secondary N) is 1. The summed E-state index contributed by atoms with van der Waals surface area (Å²) < 4.78 is 0. The van der Waals surface area contributed by atoms with Crippen molar-refractivity contribution in [1.82, 2.24) is 20.2 Å². The number of hydrogen-bond donors (Lipinski definition) is 1. The number of aromatic nitrogens is 2. The molecule has 1 aromatic carbocycles. The average Bonchev–Trinajstić information content (AvgIpc) is 2.67. The number of piperazine rings is 1. The number of rotatable bonds is 5. The van der Waals surface area contributed by atoms with Crippen LogP contribution in [0.2, 0.25) is 5.02 Å². The van der Waals surface area contributed by atoms with Gasteiger partial charge in [0.15, 0.2) is 0 Å². The first kappa shape index (κ1) is 17.6. The molecule has 0 bridgehead atoms. The van der Waals surface area contributed by atoms with E-state index in [2.05, 4.69) is 32.0 Å². The van der Waals surface area contributed by atoms with Gasteiger partial charge in [-0.3, -0.25) is 4.79 Å². The number of halogens is 1. The molecule has 2 heterocycles. The Morgan fingerprint density at radius 3 is 2.56 bits per heavy atom. The molecule has 0 aliphatic carbocycles. The van der Waals surface area contributed by atoms with Gasteiger partial charge in [-0.05, 0) is 24.2 Å². The minimum Gasteiger partial charge on any atom is -0.354 e. The van der Waals surface area contributed by atoms with E-state index in [1.165, 1.54) is 6.33 Å². The molecule has 6 nitrogen and oxygen atoms in total. The van der Waals surface area contributed by atoms with Crippen LogP contribution in [-0.2, 0) is 6.54 Å². The monoisotopic (exact) mass is 359 g/mol. The van der Waals surface area contributed by atoms with Crippen molar-refractivity contribution in [2.45, 2.75) is 13.5 Å². The molecule has 132 valence electrons. The van der Waals surface area contributed by atoms with Crippen molar-refractivity contribution in [1.29, 1.82) is 0 Å². The van der Waals surface area contributed by atoms with Crippen molar-refractivity contribution in [3.63, 3.8) is 0 Å². The van der Waals surface area contributed by atoms with Gasteiger partial charge in [0.25, 0.3) is 5.91 Å². The van der Waals surface area contributed by atoms with Crippen LogP contribution < -0.4 is 10.2 Å². The molecule has 0 atom stereocenters. The maximum absolute atomic E-state index is 12.4. The minimum absolute atomic E-state index is 0.203. The number of hydrogen-bond acceptors (Lipinski definition) is 5. The van der Waals surface area contributed by atoms with Crippen LogP contribution in [0.3, 0.4) is 0 Å². The number of nitrogens with zero attached hydrogens (tertiary/aromatic N) is 4. The van der Waals surface area contributed by atoms with Crippen LogP contribution in [0.25, 0.3) is 0 Å². The summed E-state index contributed by atoms with van der Waals surface area (Å²) in [6.45, 7) is 7.52. The molecule has 2 aromatic rings. The van der Waals surface area contributed by atoms with E-state index in [-0.39, 0.29) is 5.91 Å². The molecule has 1 aliphatic heterocycles. The third kappa shape index (κ3) is 4.67. The third-order valence-corrected chi connectivity index (χ3v) is 4.65. The second kappa shape index (κ2) is 8.27. The lowest BCUT2D eigenvalue weighted by molar-refractivity contribution is 0.0945. The Balaban J connectivity index is 1.60. The summed E-state index contributed by atoms with van der Waals surface area (Å²) in [5.74, 6) is 0.605. The second-order valence-corrected chi connectivity index (χ2v) is 6.43. The molecule has 1 amide bonds. The highest BCUT2D eigenvalue weighted by Gasteiger charge is 2.18. The summed E-state index contributed by atoms with van der Waals surface area (Å²) in [5.41, 5.74) is 1.37. The van der Waals surface area contributed by atoms with Crippen molar-refractivity contribution in [2.24, 2.45) is 0 Å². The van der Waals surface area contributed by atoms with E-state index < -0.39 is 0 Å². The lowest BCUT2D eigenvalue weighted by atomic mass is 10.2. The normalized spacial score (nSPS) is 15.2. The van der Waals surface area contributed by atoms with Crippen molar-refractivity contribution in [3.8, 4) is 0 Å². The van der Waals surface area contributed by atoms with E-state index in [1.54, 1.807) is 6.07 Å². The van der Waals surface area contributed by atoms with Crippen molar-refractivity contribution >= 4 is 23.3 Å². The molecule has 0 radical (unpaired) electrons. The Morgan fingerprint density at radius 1 is 1.16 bits per heavy atom. The van der Waals surface area contributed by atoms with Crippen LogP contribution in [0.5, 0.6) is 0 Å². The predicted octanol–water partition coefficient (Wildman–Crippen LogP) is 2.20. The van der Waals surface area contributed by atoms with Gasteiger partial charge in [-0.25, -0.2) is 9.97 Å². The molecule has 1 aliphatic rings. The highest BCUT2D eigenvalue weighted by Crippen LogP contribution is 2.14. The van der Waals surface area contributed by atoms with Gasteiger partial charge in [0.05, 0.1) is 0 Å². The van der Waals surface area contributed by atoms with Gasteiger partial charge >= 0.3 is 0 Å². The summed E-state index contributed by atoms with van der Waals surface area (Å²) in [5, 5.41) is 3.56. The zero-order valence-electron chi connectivity index (χ0n) is 14.3. The first-order chi connectivity index (χ1) is 12.2. The van der Waals surface area contributed by atoms with Gasteiger partial charge in [-0.15, -0.1) is 0 Å². The van der Waals surface area contributed by atoms with E-state index in [0.29, 0.717) is 17.3 Å². The minimum atomic E-state index is -0.203. The van der Waals surface area contributed by atoms with Gasteiger partial charge in [0.2, 0.25) is 0 Å². The summed E-state index contributed by atoms with van der Waals surface area (Å²) in [4.78, 5) is 25.4. The third-order valence-electron chi connectivity index (χ3n) is 4.40. The molecule has 0 saturated carbocycles. The standard InChI is InChI=1S/C18H22ClN5O/c1-2-23-7-9-24(10-8-23)17-11-16(21-13-22-17)18(25)20-12-14-3-5-15(19)6-4-14/h3-6,11,13H,2,7-10,12H2,1H3,(H,20,25). The molecule has 1 N–H and O–H groups in total. The lowest BCUT2D eigenvalue weighted by Gasteiger charge is -2.34. The molecule has 1 fully saturated rings. The molecule has 25 heavy (non-hydrogen) atoms. The average molecular weight is 360 g/mol. The number of amides is 1. The van der Waals surface area contributed by atoms with E-state index in [9.17, 15) is 4.79 Å². The van der Waals surface area contributed by atoms with Crippen LogP contribution in [-0.4, -0.2) is 53.5 Å². The highest BCUT2D eigenvalue weighted by atomic mass is 35.5. The lowest BCUT2D eigenvalue weighted by Crippen LogP contribution is -2.46. The smallest absolute Gasteiger partial charge is 0.270 e. The Bertz CT molecular complexity index is 714. The zero-order chi connectivity index (χ0) is 17.6. The van der Waals surface area contributed by atoms with Crippen molar-refractivity contribution in [2.75, 3.05) is 37.6 Å². The number of carbonyl (C=O) groups excluding carboxylic acids is 1. The van der Waals surface area contributed by atoms with Crippen LogP contribution in [0, 0.1) is 0 Å². The molecule has 3 rings (SSSR count). The second-order valence-electron chi connectivity index (χ2n) is 5.99. The Hall–Kier alpha value is -2.18. The van der Waals surface area contributed by atoms with Crippen molar-refractivity contribution < 1.29 is 4.79 Å². The summed E-state index contributed by atoms with van der Waals surface area (Å²) in [6.07, 6.45) is 1.46. The Labute approximate surface area is 152 Å². The maximum atomic E-state index is 12.4. The Morgan fingerprint density at radius 2 is 1.88 bits per heavy atom. The number of benzene rings is 1. The molecule has 0 spiro atoms. The number of carbonyl (C=O) groups is 1. The molecule has 1 aromatic heterocycles. The predicted molar refractivity (Wildman–Crippen MR) is 99.0 cm³/mol. The van der Waals surface area contributed by atoms with E-state index in [0.717, 1.165) is 44.1 Å². The van der Waals surface area contributed by atoms with E-state index >= 15 is 0 Å². The van der Waals surface area contributed by atoms with E-state index in [4.69, 9.17) is 11.6 Å². The van der Waals surface area contributed by atoms with Crippen molar-refractivity contribution in [3.05, 3.63) is 52.9 Å². The number of likely N-dealkylation sites (N-methyl/N-ethyl adjacent to an activating group) is 1. The van der Waals surface area contributed by atoms with Gasteiger partial charge in [0, 0.05) is 43.8 Å². The van der Waals surface area contributed by atoms with Crippen LogP contribution >= 0.6 is 11.6 Å². The summed E-state index contributed by atoms with van der Waals surface area (Å²) >= 11 is 5.87. The summed E-state index contributed by atoms with van der Waals surface area (Å²) in [6, 6.07) is 9.16. The van der Waals surface area contributed by atoms with Crippen LogP contribution in [0.4, 0.5) is 5.82 Å². The van der Waals surface area contributed by atoms with Gasteiger partial charge in [-0.1, -0.05) is 30.7 Å². The first-order valence-electron chi connectivity index (χ1n) is 8.47. The quantitative estimate of drug-likeness (QED) is 0.886. The first-order valence-corrected chi connectivity index (χ1v) is 8.85. The van der Waals surface area contributed by atoms with E-state index in [1.807, 2.05) is 24.3 Å². The molecule has 1 saturated heterocycles. The van der Waals surface area contributed by atoms with Gasteiger partial charge in [-0.2, -0.15) is 0 Å². The molecule has 0 unspecified atom stereocenters. The SMILES string of the molecule is CCN1CCN(c2cc(C(=O)NCc3ccc(Cl)cc3)ncn2)CC1. The fourth-order valence-electron chi connectivity index (χ4n) is 2.81. The Kier molecular flexibility index (Phi) is 5.83. The fourth-order valence-corrected chi connectivity index (χ4v) is 2.94. The molecule has 7 heteroatoms. The highest BCUT2D eigenvalue weighted by molar-refractivity contribution is 6.30.